The molecule has 0 spiro atoms. The molecule has 2 rings (SSSR count). The van der Waals surface area contributed by atoms with Crippen LogP contribution in [0.3, 0.4) is 0 Å². The normalized spacial score (nSPS) is 10.7. The molecular weight excluding hydrogens is 274 g/mol. The molecule has 0 aliphatic carbocycles. The first kappa shape index (κ1) is 14.4. The molecule has 0 aliphatic rings. The SMILES string of the molecule is O=C(O)/C=C/c1ccc(C(=O)NCCc2ncno2)cc1. The zero-order chi connectivity index (χ0) is 15.1. The van der Waals surface area contributed by atoms with Gasteiger partial charge < -0.3 is 14.9 Å². The molecule has 0 saturated carbocycles. The third-order valence-corrected chi connectivity index (χ3v) is 2.62. The standard InChI is InChI=1S/C14H13N3O4/c18-13(19)6-3-10-1-4-11(5-2-10)14(20)15-8-7-12-16-9-17-21-12/h1-6,9H,7-8H2,(H,15,20)(H,18,19)/b6-3+. The topological polar surface area (TPSA) is 105 Å². The lowest BCUT2D eigenvalue weighted by atomic mass is 10.1. The second kappa shape index (κ2) is 6.99. The number of hydrogen-bond acceptors (Lipinski definition) is 5. The molecule has 0 saturated heterocycles. The van der Waals surface area contributed by atoms with Gasteiger partial charge in [-0.3, -0.25) is 4.79 Å². The number of hydrogen-bond donors (Lipinski definition) is 2. The number of carboxylic acid groups (broad SMARTS) is 1. The molecular formula is C14H13N3O4. The van der Waals surface area contributed by atoms with Crippen molar-refractivity contribution >= 4 is 18.0 Å². The van der Waals surface area contributed by atoms with Gasteiger partial charge in [-0.25, -0.2) is 4.79 Å². The van der Waals surface area contributed by atoms with Crippen LogP contribution in [0.2, 0.25) is 0 Å². The van der Waals surface area contributed by atoms with Gasteiger partial charge in [-0.15, -0.1) is 0 Å². The maximum atomic E-state index is 11.9. The molecule has 21 heavy (non-hydrogen) atoms. The number of benzene rings is 1. The third kappa shape index (κ3) is 4.57. The summed E-state index contributed by atoms with van der Waals surface area (Å²) in [6.07, 6.45) is 4.27. The third-order valence-electron chi connectivity index (χ3n) is 2.62. The van der Waals surface area contributed by atoms with Crippen molar-refractivity contribution in [2.45, 2.75) is 6.42 Å². The van der Waals surface area contributed by atoms with E-state index in [-0.39, 0.29) is 5.91 Å². The number of carboxylic acids is 1. The van der Waals surface area contributed by atoms with Gasteiger partial charge in [0.05, 0.1) is 0 Å². The van der Waals surface area contributed by atoms with Crippen molar-refractivity contribution in [2.75, 3.05) is 6.54 Å². The van der Waals surface area contributed by atoms with Gasteiger partial charge in [-0.1, -0.05) is 17.3 Å². The first-order valence-electron chi connectivity index (χ1n) is 6.20. The largest absolute Gasteiger partial charge is 0.478 e. The zero-order valence-electron chi connectivity index (χ0n) is 11.0. The molecule has 1 heterocycles. The minimum absolute atomic E-state index is 0.219. The van der Waals surface area contributed by atoms with Gasteiger partial charge in [0.15, 0.2) is 6.33 Å². The van der Waals surface area contributed by atoms with Crippen molar-refractivity contribution in [1.82, 2.24) is 15.5 Å². The van der Waals surface area contributed by atoms with Crippen LogP contribution in [-0.4, -0.2) is 33.7 Å². The molecule has 1 amide bonds. The van der Waals surface area contributed by atoms with E-state index in [1.807, 2.05) is 0 Å². The van der Waals surface area contributed by atoms with Gasteiger partial charge >= 0.3 is 5.97 Å². The van der Waals surface area contributed by atoms with Crippen LogP contribution >= 0.6 is 0 Å². The van der Waals surface area contributed by atoms with Crippen LogP contribution in [0.15, 0.2) is 41.2 Å². The molecule has 7 heteroatoms. The highest BCUT2D eigenvalue weighted by Crippen LogP contribution is 2.06. The predicted molar refractivity (Wildman–Crippen MR) is 73.4 cm³/mol. The fraction of sp³-hybridized carbons (Fsp3) is 0.143. The molecule has 0 unspecified atom stereocenters. The highest BCUT2D eigenvalue weighted by molar-refractivity contribution is 5.94. The highest BCUT2D eigenvalue weighted by Gasteiger charge is 2.05. The summed E-state index contributed by atoms with van der Waals surface area (Å²) in [5, 5.41) is 14.7. The predicted octanol–water partition coefficient (Wildman–Crippen LogP) is 1.14. The Hall–Kier alpha value is -2.96. The molecule has 0 radical (unpaired) electrons. The number of rotatable bonds is 6. The average molecular weight is 287 g/mol. The summed E-state index contributed by atoms with van der Waals surface area (Å²) < 4.78 is 4.81. The summed E-state index contributed by atoms with van der Waals surface area (Å²) in [7, 11) is 0. The van der Waals surface area contributed by atoms with Gasteiger partial charge in [0.2, 0.25) is 5.89 Å². The number of aromatic nitrogens is 2. The summed E-state index contributed by atoms with van der Waals surface area (Å²) in [5.41, 5.74) is 1.20. The fourth-order valence-corrected chi connectivity index (χ4v) is 1.60. The van der Waals surface area contributed by atoms with E-state index < -0.39 is 5.97 Å². The first-order valence-corrected chi connectivity index (χ1v) is 6.20. The number of aliphatic carboxylic acids is 1. The van der Waals surface area contributed by atoms with Crippen LogP contribution in [0.1, 0.15) is 21.8 Å². The van der Waals surface area contributed by atoms with Crippen molar-refractivity contribution in [1.29, 1.82) is 0 Å². The molecule has 108 valence electrons. The van der Waals surface area contributed by atoms with E-state index in [4.69, 9.17) is 9.63 Å². The second-order valence-electron chi connectivity index (χ2n) is 4.13. The lowest BCUT2D eigenvalue weighted by molar-refractivity contribution is -0.131. The Morgan fingerprint density at radius 1 is 1.29 bits per heavy atom. The van der Waals surface area contributed by atoms with Crippen LogP contribution in [-0.2, 0) is 11.2 Å². The van der Waals surface area contributed by atoms with Crippen LogP contribution in [0.4, 0.5) is 0 Å². The Morgan fingerprint density at radius 2 is 2.05 bits per heavy atom. The lowest BCUT2D eigenvalue weighted by Crippen LogP contribution is -2.25. The average Bonchev–Trinajstić information content (AvgIpc) is 2.99. The van der Waals surface area contributed by atoms with Crippen molar-refractivity contribution in [3.05, 3.63) is 53.7 Å². The molecule has 0 atom stereocenters. The summed E-state index contributed by atoms with van der Waals surface area (Å²) in [4.78, 5) is 26.1. The minimum atomic E-state index is -1.02. The maximum absolute atomic E-state index is 11.9. The molecule has 1 aromatic carbocycles. The van der Waals surface area contributed by atoms with Gasteiger partial charge in [-0.05, 0) is 23.8 Å². The van der Waals surface area contributed by atoms with Crippen molar-refractivity contribution < 1.29 is 19.2 Å². The number of nitrogens with zero attached hydrogens (tertiary/aromatic N) is 2. The van der Waals surface area contributed by atoms with E-state index in [1.165, 1.54) is 12.4 Å². The monoisotopic (exact) mass is 287 g/mol. The van der Waals surface area contributed by atoms with Gasteiger partial charge in [0.1, 0.15) is 0 Å². The summed E-state index contributed by atoms with van der Waals surface area (Å²) in [6.45, 7) is 0.391. The Balaban J connectivity index is 1.86. The van der Waals surface area contributed by atoms with Crippen LogP contribution < -0.4 is 5.32 Å². The van der Waals surface area contributed by atoms with E-state index in [9.17, 15) is 9.59 Å². The summed E-state index contributed by atoms with van der Waals surface area (Å²) >= 11 is 0. The number of carbonyl (C=O) groups excluding carboxylic acids is 1. The van der Waals surface area contributed by atoms with Gasteiger partial charge in [0.25, 0.3) is 5.91 Å². The number of carbonyl (C=O) groups is 2. The summed E-state index contributed by atoms with van der Waals surface area (Å²) in [5.74, 6) is -0.773. The van der Waals surface area contributed by atoms with Crippen LogP contribution in [0.25, 0.3) is 6.08 Å². The van der Waals surface area contributed by atoms with Crippen molar-refractivity contribution in [3.8, 4) is 0 Å². The number of nitrogens with one attached hydrogen (secondary N) is 1. The zero-order valence-corrected chi connectivity index (χ0v) is 11.0. The lowest BCUT2D eigenvalue weighted by Gasteiger charge is -2.03. The van der Waals surface area contributed by atoms with E-state index in [1.54, 1.807) is 24.3 Å². The molecule has 0 bridgehead atoms. The van der Waals surface area contributed by atoms with E-state index >= 15 is 0 Å². The quantitative estimate of drug-likeness (QED) is 0.772. The minimum Gasteiger partial charge on any atom is -0.478 e. The van der Waals surface area contributed by atoms with E-state index in [0.29, 0.717) is 30.0 Å². The van der Waals surface area contributed by atoms with Crippen LogP contribution in [0, 0.1) is 0 Å². The van der Waals surface area contributed by atoms with Crippen molar-refractivity contribution in [2.24, 2.45) is 0 Å². The maximum Gasteiger partial charge on any atom is 0.328 e. The molecule has 2 N–H and O–H groups in total. The molecule has 0 fully saturated rings. The second-order valence-corrected chi connectivity index (χ2v) is 4.13. The molecule has 2 aromatic rings. The molecule has 1 aromatic heterocycles. The molecule has 0 aliphatic heterocycles. The van der Waals surface area contributed by atoms with E-state index in [2.05, 4.69) is 15.5 Å². The Morgan fingerprint density at radius 3 is 2.67 bits per heavy atom. The van der Waals surface area contributed by atoms with Crippen LogP contribution in [0.5, 0.6) is 0 Å². The molecule has 7 nitrogen and oxygen atoms in total. The van der Waals surface area contributed by atoms with Crippen molar-refractivity contribution in [3.63, 3.8) is 0 Å². The first-order chi connectivity index (χ1) is 10.1. The highest BCUT2D eigenvalue weighted by atomic mass is 16.5. The van der Waals surface area contributed by atoms with Gasteiger partial charge in [0, 0.05) is 24.6 Å². The Kier molecular flexibility index (Phi) is 4.81. The van der Waals surface area contributed by atoms with E-state index in [0.717, 1.165) is 6.08 Å². The smallest absolute Gasteiger partial charge is 0.328 e. The number of amides is 1. The van der Waals surface area contributed by atoms with Gasteiger partial charge in [-0.2, -0.15) is 4.98 Å². The Bertz CT molecular complexity index is 633. The fourth-order valence-electron chi connectivity index (χ4n) is 1.60. The summed E-state index contributed by atoms with van der Waals surface area (Å²) in [6, 6.07) is 6.60. The Labute approximate surface area is 120 Å².